The number of aliphatic imine (C=N–C) groups is 1. The molecule has 12 heteroatoms. The first-order valence-corrected chi connectivity index (χ1v) is 12.9. The van der Waals surface area contributed by atoms with Gasteiger partial charge in [0.05, 0.1) is 29.6 Å². The van der Waals surface area contributed by atoms with Gasteiger partial charge in [-0.25, -0.2) is 8.42 Å². The molecule has 2 amide bonds. The van der Waals surface area contributed by atoms with Crippen molar-refractivity contribution in [2.24, 2.45) is 4.99 Å². The predicted octanol–water partition coefficient (Wildman–Crippen LogP) is 1.14. The Balaban J connectivity index is 1.32. The Morgan fingerprint density at radius 2 is 1.74 bits per heavy atom. The summed E-state index contributed by atoms with van der Waals surface area (Å²) in [5.74, 6) is -0.436. The molecule has 0 fully saturated rings. The summed E-state index contributed by atoms with van der Waals surface area (Å²) < 4.78 is 24.7. The van der Waals surface area contributed by atoms with Gasteiger partial charge in [0.2, 0.25) is 11.8 Å². The molecule has 0 bridgehead atoms. The molecular formula is C22H25Cl2N5O4S. The minimum absolute atomic E-state index is 0.00610. The van der Waals surface area contributed by atoms with Crippen LogP contribution in [0.5, 0.6) is 0 Å². The topological polar surface area (TPSA) is 129 Å². The maximum atomic E-state index is 12.3. The van der Waals surface area contributed by atoms with Crippen LogP contribution in [-0.2, 0) is 25.8 Å². The average Bonchev–Trinajstić information content (AvgIpc) is 3.33. The SMILES string of the molecule is O=C(CNCS(=O)(=O)c1ccc(Cl)cc1Cl)NCC(=O)NCCc1ccc(C2=NCCN2)cc1. The molecule has 1 aliphatic heterocycles. The third-order valence-electron chi connectivity index (χ3n) is 4.89. The second kappa shape index (κ2) is 12.2. The third kappa shape index (κ3) is 7.69. The molecular weight excluding hydrogens is 501 g/mol. The Morgan fingerprint density at radius 1 is 1.00 bits per heavy atom. The van der Waals surface area contributed by atoms with Crippen LogP contribution in [0.15, 0.2) is 52.4 Å². The number of halogens is 2. The highest BCUT2D eigenvalue weighted by Crippen LogP contribution is 2.25. The van der Waals surface area contributed by atoms with Crippen molar-refractivity contribution in [3.8, 4) is 0 Å². The Labute approximate surface area is 208 Å². The number of carbonyl (C=O) groups is 2. The number of nitrogens with zero attached hydrogens (tertiary/aromatic N) is 1. The zero-order valence-corrected chi connectivity index (χ0v) is 20.6. The Bertz CT molecular complexity index is 1170. The van der Waals surface area contributed by atoms with E-state index in [0.717, 1.165) is 30.1 Å². The van der Waals surface area contributed by atoms with Crippen molar-refractivity contribution in [1.29, 1.82) is 0 Å². The number of sulfone groups is 1. The lowest BCUT2D eigenvalue weighted by Crippen LogP contribution is -2.42. The Kier molecular flexibility index (Phi) is 9.28. The van der Waals surface area contributed by atoms with Crippen LogP contribution in [0.2, 0.25) is 10.0 Å². The summed E-state index contributed by atoms with van der Waals surface area (Å²) in [6.07, 6.45) is 0.645. The maximum absolute atomic E-state index is 12.3. The summed E-state index contributed by atoms with van der Waals surface area (Å²) in [5, 5.41) is 11.3. The Hall–Kier alpha value is -2.66. The van der Waals surface area contributed by atoms with Crippen molar-refractivity contribution in [1.82, 2.24) is 21.3 Å². The van der Waals surface area contributed by atoms with E-state index in [1.165, 1.54) is 18.2 Å². The molecule has 0 saturated carbocycles. The lowest BCUT2D eigenvalue weighted by molar-refractivity contribution is -0.125. The summed E-state index contributed by atoms with van der Waals surface area (Å²) in [5.41, 5.74) is 2.10. The first-order valence-electron chi connectivity index (χ1n) is 10.5. The number of hydrogen-bond acceptors (Lipinski definition) is 7. The Morgan fingerprint density at radius 3 is 2.41 bits per heavy atom. The summed E-state index contributed by atoms with van der Waals surface area (Å²) in [7, 11) is -3.75. The number of carbonyl (C=O) groups excluding carboxylic acids is 2. The highest BCUT2D eigenvalue weighted by Gasteiger charge is 2.18. The van der Waals surface area contributed by atoms with Crippen LogP contribution in [0.1, 0.15) is 11.1 Å². The highest BCUT2D eigenvalue weighted by atomic mass is 35.5. The van der Waals surface area contributed by atoms with Crippen molar-refractivity contribution < 1.29 is 18.0 Å². The number of amides is 2. The quantitative estimate of drug-likeness (QED) is 0.348. The van der Waals surface area contributed by atoms with E-state index in [2.05, 4.69) is 26.3 Å². The number of benzene rings is 2. The summed E-state index contributed by atoms with van der Waals surface area (Å²) in [6, 6.07) is 12.0. The smallest absolute Gasteiger partial charge is 0.239 e. The molecule has 4 N–H and O–H groups in total. The molecule has 1 heterocycles. The molecule has 9 nitrogen and oxygen atoms in total. The van der Waals surface area contributed by atoms with Crippen LogP contribution in [-0.4, -0.2) is 64.7 Å². The molecule has 0 atom stereocenters. The lowest BCUT2D eigenvalue weighted by Gasteiger charge is -2.10. The number of rotatable bonds is 11. The number of amidine groups is 1. The van der Waals surface area contributed by atoms with E-state index < -0.39 is 21.6 Å². The molecule has 0 radical (unpaired) electrons. The first-order chi connectivity index (χ1) is 16.2. The van der Waals surface area contributed by atoms with E-state index >= 15 is 0 Å². The molecule has 2 aromatic rings. The highest BCUT2D eigenvalue weighted by molar-refractivity contribution is 7.91. The zero-order valence-electron chi connectivity index (χ0n) is 18.2. The number of hydrogen-bond donors (Lipinski definition) is 4. The molecule has 0 saturated heterocycles. The molecule has 34 heavy (non-hydrogen) atoms. The van der Waals surface area contributed by atoms with Crippen molar-refractivity contribution in [3.05, 3.63) is 63.6 Å². The fraction of sp³-hybridized carbons (Fsp3) is 0.318. The van der Waals surface area contributed by atoms with E-state index in [0.29, 0.717) is 18.0 Å². The van der Waals surface area contributed by atoms with Crippen LogP contribution in [0.3, 0.4) is 0 Å². The fourth-order valence-corrected chi connectivity index (χ4v) is 5.09. The van der Waals surface area contributed by atoms with Gasteiger partial charge in [-0.15, -0.1) is 0 Å². The zero-order chi connectivity index (χ0) is 24.6. The minimum atomic E-state index is -3.75. The van der Waals surface area contributed by atoms with Gasteiger partial charge in [-0.2, -0.15) is 0 Å². The minimum Gasteiger partial charge on any atom is -0.368 e. The molecule has 0 unspecified atom stereocenters. The van der Waals surface area contributed by atoms with Gasteiger partial charge in [-0.05, 0) is 30.2 Å². The lowest BCUT2D eigenvalue weighted by atomic mass is 10.1. The van der Waals surface area contributed by atoms with Crippen LogP contribution < -0.4 is 21.3 Å². The van der Waals surface area contributed by atoms with Gasteiger partial charge in [-0.1, -0.05) is 47.5 Å². The fourth-order valence-electron chi connectivity index (χ4n) is 3.17. The standard InChI is InChI=1S/C22H25Cl2N5O4S/c23-17-5-6-19(18(24)11-17)34(32,33)14-25-12-20(30)29-13-21(31)26-8-7-15-1-3-16(4-2-15)22-27-9-10-28-22/h1-6,11,25H,7-10,12-14H2,(H,26,31)(H,27,28)(H,29,30). The predicted molar refractivity (Wildman–Crippen MR) is 132 cm³/mol. The number of nitrogens with one attached hydrogen (secondary N) is 4. The van der Waals surface area contributed by atoms with E-state index in [1.54, 1.807) is 0 Å². The van der Waals surface area contributed by atoms with Gasteiger partial charge in [0.1, 0.15) is 11.7 Å². The average molecular weight is 526 g/mol. The molecule has 0 spiro atoms. The van der Waals surface area contributed by atoms with Gasteiger partial charge >= 0.3 is 0 Å². The van der Waals surface area contributed by atoms with Crippen LogP contribution in [0.4, 0.5) is 0 Å². The second-order valence-corrected chi connectivity index (χ2v) is 10.3. The van der Waals surface area contributed by atoms with E-state index in [-0.39, 0.29) is 28.9 Å². The molecule has 2 aromatic carbocycles. The normalized spacial score (nSPS) is 13.2. The van der Waals surface area contributed by atoms with Crippen molar-refractivity contribution in [2.75, 3.05) is 38.6 Å². The largest absolute Gasteiger partial charge is 0.368 e. The van der Waals surface area contributed by atoms with Crippen molar-refractivity contribution in [2.45, 2.75) is 11.3 Å². The second-order valence-electron chi connectivity index (χ2n) is 7.49. The monoisotopic (exact) mass is 525 g/mol. The summed E-state index contributed by atoms with van der Waals surface area (Å²) >= 11 is 11.7. The van der Waals surface area contributed by atoms with Crippen molar-refractivity contribution >= 4 is 50.7 Å². The van der Waals surface area contributed by atoms with Gasteiger partial charge in [0.25, 0.3) is 0 Å². The first kappa shape index (κ1) is 26.0. The van der Waals surface area contributed by atoms with Gasteiger partial charge < -0.3 is 16.0 Å². The van der Waals surface area contributed by atoms with Crippen LogP contribution in [0.25, 0.3) is 0 Å². The summed E-state index contributed by atoms with van der Waals surface area (Å²) in [4.78, 5) is 28.2. The molecule has 1 aliphatic rings. The molecule has 0 aliphatic carbocycles. The van der Waals surface area contributed by atoms with Gasteiger partial charge in [-0.3, -0.25) is 19.9 Å². The van der Waals surface area contributed by atoms with Crippen molar-refractivity contribution in [3.63, 3.8) is 0 Å². The van der Waals surface area contributed by atoms with E-state index in [4.69, 9.17) is 23.2 Å². The molecule has 182 valence electrons. The van der Waals surface area contributed by atoms with Gasteiger partial charge in [0.15, 0.2) is 9.84 Å². The molecule has 0 aromatic heterocycles. The third-order valence-corrected chi connectivity index (χ3v) is 7.16. The molecule has 3 rings (SSSR count). The van der Waals surface area contributed by atoms with Crippen LogP contribution >= 0.6 is 23.2 Å². The van der Waals surface area contributed by atoms with E-state index in [1.807, 2.05) is 24.3 Å². The van der Waals surface area contributed by atoms with Crippen LogP contribution in [0, 0.1) is 0 Å². The summed E-state index contributed by atoms with van der Waals surface area (Å²) in [6.45, 7) is 1.58. The van der Waals surface area contributed by atoms with Gasteiger partial charge in [0, 0.05) is 23.7 Å². The van der Waals surface area contributed by atoms with E-state index in [9.17, 15) is 18.0 Å². The maximum Gasteiger partial charge on any atom is 0.239 e.